The van der Waals surface area contributed by atoms with Gasteiger partial charge in [0, 0.05) is 51.1 Å². The van der Waals surface area contributed by atoms with E-state index in [2.05, 4.69) is 10.6 Å². The lowest BCUT2D eigenvalue weighted by Crippen LogP contribution is -2.57. The summed E-state index contributed by atoms with van der Waals surface area (Å²) in [5.74, 6) is 0.228. The summed E-state index contributed by atoms with van der Waals surface area (Å²) in [6.07, 6.45) is 3.25. The van der Waals surface area contributed by atoms with Crippen molar-refractivity contribution in [2.75, 3.05) is 32.7 Å². The summed E-state index contributed by atoms with van der Waals surface area (Å²) in [6, 6.07) is 0.272. The Morgan fingerprint density at radius 2 is 2.04 bits per heavy atom. The monoisotopic (exact) mass is 374 g/mol. The average molecular weight is 375 g/mol. The Bertz CT molecular complexity index is 473. The number of piperazine rings is 1. The van der Waals surface area contributed by atoms with Crippen molar-refractivity contribution in [1.82, 2.24) is 20.4 Å². The van der Waals surface area contributed by atoms with Crippen LogP contribution in [0.1, 0.15) is 46.0 Å². The van der Waals surface area contributed by atoms with Crippen LogP contribution in [0.2, 0.25) is 0 Å². The number of hydrogen-bond acceptors (Lipinski definition) is 4. The highest BCUT2D eigenvalue weighted by atomic mass is 35.5. The fourth-order valence-corrected chi connectivity index (χ4v) is 3.40. The molecule has 2 saturated heterocycles. The standard InChI is InChI=1S/C17H30N4O3.ClH/c1-13(2)19-15(22)6-3-7-16(23)20-9-4-5-14(12-20)21-10-8-18-11-17(21)24;/h13-14,18H,3-12H2,1-2H3,(H,19,22);1H. The fraction of sp³-hybridized carbons (Fsp3) is 0.824. The fourth-order valence-electron chi connectivity index (χ4n) is 3.40. The molecule has 7 nitrogen and oxygen atoms in total. The third kappa shape index (κ3) is 6.82. The second-order valence-corrected chi connectivity index (χ2v) is 6.98. The van der Waals surface area contributed by atoms with E-state index in [-0.39, 0.29) is 42.2 Å². The minimum atomic E-state index is 0. The minimum Gasteiger partial charge on any atom is -0.354 e. The Morgan fingerprint density at radius 3 is 2.72 bits per heavy atom. The van der Waals surface area contributed by atoms with Crippen LogP contribution in [0, 0.1) is 0 Å². The predicted octanol–water partition coefficient (Wildman–Crippen LogP) is 0.526. The lowest BCUT2D eigenvalue weighted by Gasteiger charge is -2.41. The van der Waals surface area contributed by atoms with Crippen LogP contribution in [0.4, 0.5) is 0 Å². The van der Waals surface area contributed by atoms with Gasteiger partial charge in [-0.15, -0.1) is 12.4 Å². The van der Waals surface area contributed by atoms with Crippen LogP contribution in [0.3, 0.4) is 0 Å². The number of piperidine rings is 1. The molecule has 0 saturated carbocycles. The summed E-state index contributed by atoms with van der Waals surface area (Å²) in [5, 5.41) is 5.92. The summed E-state index contributed by atoms with van der Waals surface area (Å²) in [4.78, 5) is 39.8. The van der Waals surface area contributed by atoms with Crippen molar-refractivity contribution in [2.24, 2.45) is 0 Å². The van der Waals surface area contributed by atoms with Crippen molar-refractivity contribution < 1.29 is 14.4 Å². The molecule has 0 bridgehead atoms. The van der Waals surface area contributed by atoms with Gasteiger partial charge in [-0.25, -0.2) is 0 Å². The van der Waals surface area contributed by atoms with Crippen LogP contribution in [0.25, 0.3) is 0 Å². The van der Waals surface area contributed by atoms with Crippen LogP contribution < -0.4 is 10.6 Å². The van der Waals surface area contributed by atoms with Gasteiger partial charge < -0.3 is 20.4 Å². The maximum absolute atomic E-state index is 12.4. The number of carbonyl (C=O) groups is 3. The van der Waals surface area contributed by atoms with Gasteiger partial charge in [0.25, 0.3) is 0 Å². The molecule has 0 spiro atoms. The maximum atomic E-state index is 12.4. The zero-order valence-corrected chi connectivity index (χ0v) is 16.1. The SMILES string of the molecule is CC(C)NC(=O)CCCC(=O)N1CCCC(N2CCNCC2=O)C1.Cl. The van der Waals surface area contributed by atoms with E-state index < -0.39 is 0 Å². The second-order valence-electron chi connectivity index (χ2n) is 6.98. The Labute approximate surface area is 156 Å². The molecule has 8 heteroatoms. The first kappa shape index (κ1) is 21.7. The van der Waals surface area contributed by atoms with Gasteiger partial charge in [-0.3, -0.25) is 14.4 Å². The van der Waals surface area contributed by atoms with Gasteiger partial charge in [0.2, 0.25) is 17.7 Å². The summed E-state index contributed by atoms with van der Waals surface area (Å²) in [6.45, 7) is 7.18. The van der Waals surface area contributed by atoms with E-state index in [9.17, 15) is 14.4 Å². The Balaban J connectivity index is 0.00000312. The van der Waals surface area contributed by atoms with Gasteiger partial charge in [0.1, 0.15) is 0 Å². The molecule has 2 aliphatic heterocycles. The van der Waals surface area contributed by atoms with E-state index in [0.717, 1.165) is 32.5 Å². The van der Waals surface area contributed by atoms with Crippen LogP contribution in [0.15, 0.2) is 0 Å². The highest BCUT2D eigenvalue weighted by Crippen LogP contribution is 2.18. The molecule has 2 aliphatic rings. The predicted molar refractivity (Wildman–Crippen MR) is 98.6 cm³/mol. The Morgan fingerprint density at radius 1 is 1.28 bits per heavy atom. The van der Waals surface area contributed by atoms with Crippen LogP contribution in [-0.4, -0.2) is 72.3 Å². The van der Waals surface area contributed by atoms with E-state index >= 15 is 0 Å². The number of amides is 3. The zero-order chi connectivity index (χ0) is 17.5. The number of nitrogens with one attached hydrogen (secondary N) is 2. The minimum absolute atomic E-state index is 0. The Hall–Kier alpha value is -1.34. The van der Waals surface area contributed by atoms with Gasteiger partial charge in [-0.05, 0) is 33.1 Å². The molecule has 1 unspecified atom stereocenters. The lowest BCUT2D eigenvalue weighted by molar-refractivity contribution is -0.140. The first-order valence-electron chi connectivity index (χ1n) is 9.04. The number of halogens is 1. The van der Waals surface area contributed by atoms with Crippen LogP contribution in [0.5, 0.6) is 0 Å². The van der Waals surface area contributed by atoms with Crippen molar-refractivity contribution in [3.8, 4) is 0 Å². The molecule has 0 aromatic heterocycles. The molecular weight excluding hydrogens is 344 g/mol. The molecule has 144 valence electrons. The van der Waals surface area contributed by atoms with Crippen molar-refractivity contribution in [3.05, 3.63) is 0 Å². The quantitative estimate of drug-likeness (QED) is 0.710. The maximum Gasteiger partial charge on any atom is 0.236 e. The van der Waals surface area contributed by atoms with Gasteiger partial charge in [0.05, 0.1) is 6.54 Å². The summed E-state index contributed by atoms with van der Waals surface area (Å²) in [5.41, 5.74) is 0. The topological polar surface area (TPSA) is 81.8 Å². The normalized spacial score (nSPS) is 21.1. The zero-order valence-electron chi connectivity index (χ0n) is 15.3. The molecule has 0 radical (unpaired) electrons. The third-order valence-corrected chi connectivity index (χ3v) is 4.56. The average Bonchev–Trinajstić information content (AvgIpc) is 2.54. The first-order valence-corrected chi connectivity index (χ1v) is 9.04. The molecule has 2 N–H and O–H groups in total. The molecular formula is C17H31ClN4O3. The molecule has 25 heavy (non-hydrogen) atoms. The van der Waals surface area contributed by atoms with Crippen molar-refractivity contribution in [2.45, 2.75) is 58.0 Å². The number of likely N-dealkylation sites (tertiary alicyclic amines) is 1. The van der Waals surface area contributed by atoms with E-state index in [4.69, 9.17) is 0 Å². The van der Waals surface area contributed by atoms with Crippen molar-refractivity contribution in [3.63, 3.8) is 0 Å². The number of hydrogen-bond donors (Lipinski definition) is 2. The van der Waals surface area contributed by atoms with Gasteiger partial charge >= 0.3 is 0 Å². The van der Waals surface area contributed by atoms with Crippen LogP contribution >= 0.6 is 12.4 Å². The van der Waals surface area contributed by atoms with Crippen LogP contribution in [-0.2, 0) is 14.4 Å². The van der Waals surface area contributed by atoms with Gasteiger partial charge in [0.15, 0.2) is 0 Å². The van der Waals surface area contributed by atoms with E-state index in [1.807, 2.05) is 23.6 Å². The van der Waals surface area contributed by atoms with E-state index in [0.29, 0.717) is 32.4 Å². The summed E-state index contributed by atoms with van der Waals surface area (Å²) < 4.78 is 0. The number of carbonyl (C=O) groups excluding carboxylic acids is 3. The largest absolute Gasteiger partial charge is 0.354 e. The Kier molecular flexibility index (Phi) is 9.21. The highest BCUT2D eigenvalue weighted by Gasteiger charge is 2.31. The molecule has 0 aromatic carbocycles. The molecule has 2 heterocycles. The van der Waals surface area contributed by atoms with E-state index in [1.165, 1.54) is 0 Å². The first-order chi connectivity index (χ1) is 11.5. The molecule has 1 atom stereocenters. The van der Waals surface area contributed by atoms with E-state index in [1.54, 1.807) is 0 Å². The van der Waals surface area contributed by atoms with Gasteiger partial charge in [-0.1, -0.05) is 0 Å². The molecule has 2 rings (SSSR count). The molecule has 2 fully saturated rings. The summed E-state index contributed by atoms with van der Waals surface area (Å²) >= 11 is 0. The van der Waals surface area contributed by atoms with Gasteiger partial charge in [-0.2, -0.15) is 0 Å². The number of rotatable bonds is 6. The molecule has 0 aliphatic carbocycles. The highest BCUT2D eigenvalue weighted by molar-refractivity contribution is 5.85. The lowest BCUT2D eigenvalue weighted by atomic mass is 10.0. The third-order valence-electron chi connectivity index (χ3n) is 4.56. The van der Waals surface area contributed by atoms with Crippen molar-refractivity contribution >= 4 is 30.1 Å². The molecule has 3 amide bonds. The molecule has 0 aromatic rings. The summed E-state index contributed by atoms with van der Waals surface area (Å²) in [7, 11) is 0. The van der Waals surface area contributed by atoms with Crippen molar-refractivity contribution in [1.29, 1.82) is 0 Å². The number of nitrogens with zero attached hydrogens (tertiary/aromatic N) is 2. The second kappa shape index (κ2) is 10.6. The smallest absolute Gasteiger partial charge is 0.236 e.